The van der Waals surface area contributed by atoms with Gasteiger partial charge in [0.15, 0.2) is 0 Å². The van der Waals surface area contributed by atoms with E-state index in [0.717, 1.165) is 28.9 Å². The zero-order valence-electron chi connectivity index (χ0n) is 26.6. The number of carbonyl (C=O) groups is 3. The smallest absolute Gasteiger partial charge is 0.251 e. The second kappa shape index (κ2) is 13.5. The quantitative estimate of drug-likeness (QED) is 0.221. The lowest BCUT2D eigenvalue weighted by molar-refractivity contribution is -0.143. The molecule has 3 fully saturated rings. The number of likely N-dealkylation sites (tertiary alicyclic amines) is 1. The number of nitrogens with zero attached hydrogens (tertiary/aromatic N) is 3. The lowest BCUT2D eigenvalue weighted by atomic mass is 9.70. The maximum Gasteiger partial charge on any atom is 0.251 e. The fourth-order valence-corrected chi connectivity index (χ4v) is 11.4. The van der Waals surface area contributed by atoms with Crippen molar-refractivity contribution in [1.82, 2.24) is 4.90 Å². The van der Waals surface area contributed by atoms with E-state index in [1.54, 1.807) is 38.6 Å². The predicted molar refractivity (Wildman–Crippen MR) is 187 cm³/mol. The molecule has 8 atom stereocenters. The molecule has 3 unspecified atom stereocenters. The van der Waals surface area contributed by atoms with Crippen molar-refractivity contribution in [1.29, 1.82) is 0 Å². The molecule has 1 spiro atoms. The minimum Gasteiger partial charge on any atom is -0.394 e. The fraction of sp³-hybridized carbons (Fsp3) is 0.472. The fourth-order valence-electron chi connectivity index (χ4n) is 7.84. The summed E-state index contributed by atoms with van der Waals surface area (Å²) in [5.74, 6) is -1.97. The van der Waals surface area contributed by atoms with Crippen LogP contribution in [0.15, 0.2) is 73.8 Å². The first-order chi connectivity index (χ1) is 21.6. The van der Waals surface area contributed by atoms with E-state index in [2.05, 4.69) is 29.1 Å². The molecule has 1 N–H and O–H groups in total. The second-order valence-electron chi connectivity index (χ2n) is 12.6. The topological polar surface area (TPSA) is 81.2 Å². The second-order valence-corrected chi connectivity index (χ2v) is 15.3. The molecule has 9 heteroatoms. The molecule has 2 aromatic carbocycles. The lowest BCUT2D eigenvalue weighted by Crippen LogP contribution is -2.59. The van der Waals surface area contributed by atoms with Gasteiger partial charge in [0.25, 0.3) is 5.91 Å². The van der Waals surface area contributed by atoms with E-state index in [1.807, 2.05) is 76.2 Å². The molecule has 45 heavy (non-hydrogen) atoms. The van der Waals surface area contributed by atoms with Gasteiger partial charge in [0, 0.05) is 34.5 Å². The number of anilines is 2. The number of hydrogen-bond donors (Lipinski definition) is 1. The number of amides is 3. The van der Waals surface area contributed by atoms with Crippen molar-refractivity contribution in [2.75, 3.05) is 29.5 Å². The van der Waals surface area contributed by atoms with Gasteiger partial charge in [0.2, 0.25) is 11.8 Å². The summed E-state index contributed by atoms with van der Waals surface area (Å²) in [4.78, 5) is 49.8. The van der Waals surface area contributed by atoms with Crippen LogP contribution in [-0.4, -0.2) is 74.3 Å². The van der Waals surface area contributed by atoms with Crippen LogP contribution in [0.1, 0.15) is 37.8 Å². The number of aliphatic hydroxyl groups excluding tert-OH is 1. The number of benzene rings is 2. The van der Waals surface area contributed by atoms with Gasteiger partial charge in [-0.2, -0.15) is 0 Å². The first kappa shape index (κ1) is 33.5. The maximum absolute atomic E-state index is 15.2. The van der Waals surface area contributed by atoms with Crippen molar-refractivity contribution >= 4 is 56.8 Å². The van der Waals surface area contributed by atoms with Crippen molar-refractivity contribution in [2.45, 2.75) is 67.4 Å². The number of aryl methyl sites for hydroxylation is 2. The summed E-state index contributed by atoms with van der Waals surface area (Å²) in [6, 6.07) is 14.0. The van der Waals surface area contributed by atoms with Crippen molar-refractivity contribution in [3.63, 3.8) is 0 Å². The van der Waals surface area contributed by atoms with Crippen LogP contribution in [0.3, 0.4) is 0 Å². The molecule has 0 saturated carbocycles. The number of aliphatic hydroxyl groups is 1. The number of hydrogen-bond acceptors (Lipinski definition) is 5. The summed E-state index contributed by atoms with van der Waals surface area (Å²) < 4.78 is -0.846. The molecule has 7 nitrogen and oxygen atoms in total. The molecule has 3 heterocycles. The monoisotopic (exact) mass is 693 g/mol. The highest BCUT2D eigenvalue weighted by molar-refractivity contribution is 9.09. The Morgan fingerprint density at radius 3 is 2.27 bits per heavy atom. The first-order valence-electron chi connectivity index (χ1n) is 15.8. The third-order valence-corrected chi connectivity index (χ3v) is 13.2. The third kappa shape index (κ3) is 5.48. The van der Waals surface area contributed by atoms with Crippen LogP contribution >= 0.6 is 27.7 Å². The van der Waals surface area contributed by atoms with E-state index in [1.165, 1.54) is 0 Å². The van der Waals surface area contributed by atoms with Crippen LogP contribution in [-0.2, 0) is 14.4 Å². The number of halogens is 1. The highest BCUT2D eigenvalue weighted by Crippen LogP contribution is 2.68. The van der Waals surface area contributed by atoms with Crippen LogP contribution < -0.4 is 9.80 Å². The van der Waals surface area contributed by atoms with Gasteiger partial charge in [-0.3, -0.25) is 14.4 Å². The number of alkyl halides is 1. The molecule has 3 saturated heterocycles. The molecule has 3 amide bonds. The Morgan fingerprint density at radius 1 is 1.07 bits per heavy atom. The standard InChI is InChI=1S/C36H44BrN3O4S/c1-7-18-38(25-16-11-10-12-17-25)33(42)28-29-34(43)40(27(21-41)22(4)9-3)32(36(29)20-26(37)31(28)45-36)35(44)39(19-8-2)30-23(5)14-13-15-24(30)6/h7-8,10-17,22,26-29,31-32,41H,1-2,9,18-21H2,3-6H3/t22-,26?,27-,28+,29-,31+,32?,36?/m0/s1. The minimum atomic E-state index is -0.863. The number of thioether (sulfide) groups is 1. The summed E-state index contributed by atoms with van der Waals surface area (Å²) in [5.41, 5.74) is 3.45. The van der Waals surface area contributed by atoms with Gasteiger partial charge < -0.3 is 19.8 Å². The first-order valence-corrected chi connectivity index (χ1v) is 17.6. The Morgan fingerprint density at radius 2 is 1.69 bits per heavy atom. The predicted octanol–water partition coefficient (Wildman–Crippen LogP) is 5.91. The van der Waals surface area contributed by atoms with Crippen LogP contribution in [0, 0.1) is 31.6 Å². The van der Waals surface area contributed by atoms with E-state index in [4.69, 9.17) is 0 Å². The van der Waals surface area contributed by atoms with Crippen molar-refractivity contribution in [3.8, 4) is 0 Å². The van der Waals surface area contributed by atoms with Gasteiger partial charge in [0.05, 0.1) is 29.2 Å². The zero-order chi connectivity index (χ0) is 32.6. The number of fused-ring (bicyclic) bond motifs is 1. The van der Waals surface area contributed by atoms with Crippen LogP contribution in [0.4, 0.5) is 11.4 Å². The van der Waals surface area contributed by atoms with E-state index in [0.29, 0.717) is 13.0 Å². The van der Waals surface area contributed by atoms with Gasteiger partial charge in [0.1, 0.15) is 6.04 Å². The average Bonchev–Trinajstić information content (AvgIpc) is 3.62. The molecule has 3 aliphatic heterocycles. The zero-order valence-corrected chi connectivity index (χ0v) is 29.0. The summed E-state index contributed by atoms with van der Waals surface area (Å²) >= 11 is 5.51. The van der Waals surface area contributed by atoms with Crippen LogP contribution in [0.2, 0.25) is 0 Å². The Kier molecular flexibility index (Phi) is 10.0. The summed E-state index contributed by atoms with van der Waals surface area (Å²) in [6.45, 7) is 16.2. The third-order valence-electron chi connectivity index (χ3n) is 10.0. The lowest BCUT2D eigenvalue weighted by Gasteiger charge is -2.41. The highest BCUT2D eigenvalue weighted by Gasteiger charge is 2.76. The molecule has 2 aromatic rings. The Balaban J connectivity index is 1.67. The van der Waals surface area contributed by atoms with Gasteiger partial charge in [-0.05, 0) is 49.4 Å². The molecule has 0 aliphatic carbocycles. The van der Waals surface area contributed by atoms with Gasteiger partial charge >= 0.3 is 0 Å². The maximum atomic E-state index is 15.2. The molecule has 0 aromatic heterocycles. The molecule has 5 rings (SSSR count). The number of rotatable bonds is 12. The van der Waals surface area contributed by atoms with Crippen LogP contribution in [0.25, 0.3) is 0 Å². The Labute approximate surface area is 279 Å². The van der Waals surface area contributed by atoms with Gasteiger partial charge in [-0.15, -0.1) is 24.9 Å². The Hall–Kier alpha value is -2.88. The highest BCUT2D eigenvalue weighted by atomic mass is 79.9. The molecule has 3 aliphatic rings. The van der Waals surface area contributed by atoms with Crippen molar-refractivity contribution < 1.29 is 19.5 Å². The molecular weight excluding hydrogens is 650 g/mol. The SMILES string of the molecule is C=CCN(C(=O)[C@H]1[C@@H]2SC3(CC2Br)C(C(=O)N(CC=C)c2c(C)cccc2C)N([C@@H](CO)[C@@H](C)CC)C(=O)[C@H]13)c1ccccc1. The van der Waals surface area contributed by atoms with Crippen molar-refractivity contribution in [2.24, 2.45) is 17.8 Å². The summed E-state index contributed by atoms with van der Waals surface area (Å²) in [6.07, 6.45) is 4.70. The van der Waals surface area contributed by atoms with E-state index in [9.17, 15) is 14.7 Å². The van der Waals surface area contributed by atoms with Crippen molar-refractivity contribution in [3.05, 3.63) is 85.0 Å². The van der Waals surface area contributed by atoms with Gasteiger partial charge in [-0.25, -0.2) is 0 Å². The van der Waals surface area contributed by atoms with E-state index < -0.39 is 28.7 Å². The molecular formula is C36H44BrN3O4S. The molecule has 240 valence electrons. The van der Waals surface area contributed by atoms with Gasteiger partial charge in [-0.1, -0.05) is 84.7 Å². The Bertz CT molecular complexity index is 1450. The van der Waals surface area contributed by atoms with Crippen LogP contribution in [0.5, 0.6) is 0 Å². The summed E-state index contributed by atoms with van der Waals surface area (Å²) in [7, 11) is 0. The number of carbonyl (C=O) groups excluding carboxylic acids is 3. The largest absolute Gasteiger partial charge is 0.394 e. The van der Waals surface area contributed by atoms with E-state index >= 15 is 4.79 Å². The minimum absolute atomic E-state index is 0.0600. The number of para-hydroxylation sites is 2. The summed E-state index contributed by atoms with van der Waals surface area (Å²) in [5, 5.41) is 10.6. The normalized spacial score (nSPS) is 28.0. The van der Waals surface area contributed by atoms with E-state index in [-0.39, 0.29) is 46.9 Å². The molecule has 0 radical (unpaired) electrons. The average molecular weight is 695 g/mol. The molecule has 2 bridgehead atoms.